The first kappa shape index (κ1) is 17.8. The topological polar surface area (TPSA) is 46.6 Å². The van der Waals surface area contributed by atoms with E-state index in [-0.39, 0.29) is 11.7 Å². The van der Waals surface area contributed by atoms with Crippen LogP contribution in [-0.2, 0) is 0 Å². The molecule has 25 heavy (non-hydrogen) atoms. The molecule has 2 aromatic carbocycles. The van der Waals surface area contributed by atoms with Gasteiger partial charge >= 0.3 is 6.09 Å². The van der Waals surface area contributed by atoms with Crippen LogP contribution in [0, 0.1) is 5.92 Å². The number of halogens is 1. The number of amides is 1. The van der Waals surface area contributed by atoms with Crippen molar-refractivity contribution in [3.8, 4) is 5.75 Å². The van der Waals surface area contributed by atoms with Crippen LogP contribution in [0.15, 0.2) is 53.4 Å². The van der Waals surface area contributed by atoms with Gasteiger partial charge in [-0.25, -0.2) is 4.79 Å². The number of rotatable bonds is 4. The summed E-state index contributed by atoms with van der Waals surface area (Å²) in [6.07, 6.45) is 2.16. The third-order valence-electron chi connectivity index (χ3n) is 4.23. The number of likely N-dealkylation sites (tertiary alicyclic amines) is 1. The summed E-state index contributed by atoms with van der Waals surface area (Å²) < 4.78 is 5.33. The maximum absolute atomic E-state index is 12.6. The maximum atomic E-state index is 12.6. The summed E-state index contributed by atoms with van der Waals surface area (Å²) in [4.78, 5) is 27.6. The number of para-hydroxylation sites is 1. The standard InChI is InChI=1S/C19H18ClNO3S/c1-25-15-8-6-13(7-9-15)18(22)14-10-11-21(12-14)19(23)24-17-5-3-2-4-16(17)20/h2-9,14H,10-12H2,1H3. The minimum absolute atomic E-state index is 0.0701. The monoisotopic (exact) mass is 375 g/mol. The molecule has 1 unspecified atom stereocenters. The highest BCUT2D eigenvalue weighted by atomic mass is 35.5. The van der Waals surface area contributed by atoms with E-state index in [1.54, 1.807) is 40.9 Å². The van der Waals surface area contributed by atoms with Crippen LogP contribution in [0.4, 0.5) is 4.79 Å². The number of ether oxygens (including phenoxy) is 1. The molecular weight excluding hydrogens is 358 g/mol. The smallest absolute Gasteiger partial charge is 0.409 e. The van der Waals surface area contributed by atoms with Gasteiger partial charge in [0.05, 0.1) is 5.02 Å². The Morgan fingerprint density at radius 3 is 2.56 bits per heavy atom. The van der Waals surface area contributed by atoms with Gasteiger partial charge in [-0.05, 0) is 36.9 Å². The quantitative estimate of drug-likeness (QED) is 0.570. The normalized spacial score (nSPS) is 16.7. The Bertz CT molecular complexity index is 778. The molecule has 1 saturated heterocycles. The Kier molecular flexibility index (Phi) is 5.66. The average Bonchev–Trinajstić information content (AvgIpc) is 3.13. The molecule has 6 heteroatoms. The second-order valence-corrected chi connectivity index (χ2v) is 7.11. The van der Waals surface area contributed by atoms with Crippen LogP contribution in [-0.4, -0.2) is 36.1 Å². The molecule has 0 aromatic heterocycles. The summed E-state index contributed by atoms with van der Waals surface area (Å²) in [6.45, 7) is 0.870. The molecule has 4 nitrogen and oxygen atoms in total. The van der Waals surface area contributed by atoms with Gasteiger partial charge in [0.2, 0.25) is 0 Å². The number of hydrogen-bond acceptors (Lipinski definition) is 4. The zero-order valence-electron chi connectivity index (χ0n) is 13.8. The lowest BCUT2D eigenvalue weighted by Crippen LogP contribution is -2.32. The molecule has 3 rings (SSSR count). The number of Topliss-reactive ketones (excluding diaryl/α,β-unsaturated/α-hetero) is 1. The van der Waals surface area contributed by atoms with E-state index in [2.05, 4.69) is 0 Å². The van der Waals surface area contributed by atoms with Crippen molar-refractivity contribution in [1.29, 1.82) is 0 Å². The van der Waals surface area contributed by atoms with Gasteiger partial charge in [-0.1, -0.05) is 35.9 Å². The van der Waals surface area contributed by atoms with Gasteiger partial charge in [0.25, 0.3) is 0 Å². The fourth-order valence-electron chi connectivity index (χ4n) is 2.82. The van der Waals surface area contributed by atoms with Crippen molar-refractivity contribution in [3.63, 3.8) is 0 Å². The summed E-state index contributed by atoms with van der Waals surface area (Å²) in [6, 6.07) is 14.4. The van der Waals surface area contributed by atoms with Crippen LogP contribution >= 0.6 is 23.4 Å². The van der Waals surface area contributed by atoms with E-state index in [1.165, 1.54) is 0 Å². The molecule has 0 aliphatic carbocycles. The minimum Gasteiger partial charge on any atom is -0.409 e. The Morgan fingerprint density at radius 1 is 1.16 bits per heavy atom. The Hall–Kier alpha value is -1.98. The van der Waals surface area contributed by atoms with Gasteiger partial charge < -0.3 is 9.64 Å². The van der Waals surface area contributed by atoms with Crippen molar-refractivity contribution >= 4 is 35.2 Å². The molecule has 1 heterocycles. The van der Waals surface area contributed by atoms with Gasteiger partial charge in [0.15, 0.2) is 11.5 Å². The molecule has 0 bridgehead atoms. The summed E-state index contributed by atoms with van der Waals surface area (Å²) in [7, 11) is 0. The van der Waals surface area contributed by atoms with Crippen LogP contribution < -0.4 is 4.74 Å². The van der Waals surface area contributed by atoms with Crippen LogP contribution in [0.3, 0.4) is 0 Å². The van der Waals surface area contributed by atoms with Crippen molar-refractivity contribution in [2.75, 3.05) is 19.3 Å². The number of ketones is 1. The van der Waals surface area contributed by atoms with Crippen molar-refractivity contribution in [2.45, 2.75) is 11.3 Å². The van der Waals surface area contributed by atoms with Gasteiger partial charge in [0.1, 0.15) is 0 Å². The fourth-order valence-corrected chi connectivity index (χ4v) is 3.40. The van der Waals surface area contributed by atoms with Gasteiger partial charge in [0, 0.05) is 29.5 Å². The van der Waals surface area contributed by atoms with Gasteiger partial charge in [-0.3, -0.25) is 4.79 Å². The fraction of sp³-hybridized carbons (Fsp3) is 0.263. The van der Waals surface area contributed by atoms with E-state index in [9.17, 15) is 9.59 Å². The average molecular weight is 376 g/mol. The van der Waals surface area contributed by atoms with Crippen LogP contribution in [0.2, 0.25) is 5.02 Å². The molecule has 1 atom stereocenters. The summed E-state index contributed by atoms with van der Waals surface area (Å²) in [5, 5.41) is 0.386. The first-order valence-corrected chi connectivity index (χ1v) is 9.58. The first-order chi connectivity index (χ1) is 12.1. The van der Waals surface area contributed by atoms with E-state index in [0.29, 0.717) is 35.8 Å². The van der Waals surface area contributed by atoms with Crippen LogP contribution in [0.25, 0.3) is 0 Å². The highest BCUT2D eigenvalue weighted by Crippen LogP contribution is 2.26. The lowest BCUT2D eigenvalue weighted by Gasteiger charge is -2.16. The number of carbonyl (C=O) groups is 2. The number of carbonyl (C=O) groups excluding carboxylic acids is 2. The summed E-state index contributed by atoms with van der Waals surface area (Å²) in [5.41, 5.74) is 0.684. The zero-order chi connectivity index (χ0) is 17.8. The molecule has 2 aromatic rings. The molecule has 1 aliphatic rings. The Labute approximate surface area is 156 Å². The number of nitrogens with zero attached hydrogens (tertiary/aromatic N) is 1. The Balaban J connectivity index is 1.61. The zero-order valence-corrected chi connectivity index (χ0v) is 15.3. The van der Waals surface area contributed by atoms with Crippen molar-refractivity contribution in [1.82, 2.24) is 4.90 Å². The van der Waals surface area contributed by atoms with E-state index < -0.39 is 6.09 Å². The lowest BCUT2D eigenvalue weighted by atomic mass is 9.97. The lowest BCUT2D eigenvalue weighted by molar-refractivity contribution is 0.0922. The van der Waals surface area contributed by atoms with Gasteiger partial charge in [-0.2, -0.15) is 0 Å². The van der Waals surface area contributed by atoms with Crippen molar-refractivity contribution < 1.29 is 14.3 Å². The molecule has 1 aliphatic heterocycles. The second kappa shape index (κ2) is 7.93. The van der Waals surface area contributed by atoms with Crippen LogP contribution in [0.5, 0.6) is 5.75 Å². The number of hydrogen-bond donors (Lipinski definition) is 0. The van der Waals surface area contributed by atoms with Crippen molar-refractivity contribution in [2.24, 2.45) is 5.92 Å². The van der Waals surface area contributed by atoms with E-state index >= 15 is 0 Å². The number of thioether (sulfide) groups is 1. The third kappa shape index (κ3) is 4.17. The van der Waals surface area contributed by atoms with Crippen molar-refractivity contribution in [3.05, 3.63) is 59.1 Å². The third-order valence-corrected chi connectivity index (χ3v) is 5.28. The highest BCUT2D eigenvalue weighted by molar-refractivity contribution is 7.98. The summed E-state index contributed by atoms with van der Waals surface area (Å²) >= 11 is 7.64. The largest absolute Gasteiger partial charge is 0.415 e. The van der Waals surface area contributed by atoms with E-state index in [4.69, 9.17) is 16.3 Å². The predicted molar refractivity (Wildman–Crippen MR) is 99.7 cm³/mol. The molecule has 1 amide bonds. The molecule has 130 valence electrons. The minimum atomic E-state index is -0.471. The number of benzene rings is 2. The molecular formula is C19H18ClNO3S. The van der Waals surface area contributed by atoms with E-state index in [1.807, 2.05) is 30.5 Å². The SMILES string of the molecule is CSc1ccc(C(=O)C2CCN(C(=O)Oc3ccccc3Cl)C2)cc1. The molecule has 0 spiro atoms. The first-order valence-electron chi connectivity index (χ1n) is 7.98. The maximum Gasteiger partial charge on any atom is 0.415 e. The predicted octanol–water partition coefficient (Wildman–Crippen LogP) is 4.77. The molecule has 0 radical (unpaired) electrons. The highest BCUT2D eigenvalue weighted by Gasteiger charge is 2.32. The Morgan fingerprint density at radius 2 is 1.88 bits per heavy atom. The van der Waals surface area contributed by atoms with E-state index in [0.717, 1.165) is 4.90 Å². The molecule has 0 N–H and O–H groups in total. The van der Waals surface area contributed by atoms with Gasteiger partial charge in [-0.15, -0.1) is 11.8 Å². The second-order valence-electron chi connectivity index (χ2n) is 5.82. The molecule has 0 saturated carbocycles. The van der Waals surface area contributed by atoms with Crippen LogP contribution in [0.1, 0.15) is 16.8 Å². The summed E-state index contributed by atoms with van der Waals surface area (Å²) in [5.74, 6) is 0.205. The molecule has 1 fully saturated rings.